The zero-order valence-corrected chi connectivity index (χ0v) is 5.01. The lowest BCUT2D eigenvalue weighted by atomic mass is 10.5. The number of rotatable bonds is 0. The van der Waals surface area contributed by atoms with Gasteiger partial charge in [-0.1, -0.05) is 0 Å². The summed E-state index contributed by atoms with van der Waals surface area (Å²) in [6.07, 6.45) is 0.678. The van der Waals surface area contributed by atoms with Crippen LogP contribution in [0.5, 0.6) is 0 Å². The van der Waals surface area contributed by atoms with Crippen molar-refractivity contribution in [3.63, 3.8) is 0 Å². The first-order chi connectivity index (χ1) is 3.72. The summed E-state index contributed by atoms with van der Waals surface area (Å²) in [4.78, 5) is 3.03. The molecule has 1 heterocycles. The van der Waals surface area contributed by atoms with E-state index in [9.17, 15) is 8.78 Å². The topological polar surface area (TPSA) is 36.2 Å². The maximum atomic E-state index is 11.9. The molecule has 1 N–H and O–H groups in total. The first-order valence-corrected chi connectivity index (χ1v) is 1.90. The summed E-state index contributed by atoms with van der Waals surface area (Å²) < 4.78 is 23.6. The van der Waals surface area contributed by atoms with Gasteiger partial charge in [0, 0.05) is 0 Å². The Morgan fingerprint density at radius 3 is 2.11 bits per heavy atom. The molecule has 0 saturated carbocycles. The number of aliphatic imine (C=N–C) groups is 1. The first kappa shape index (κ1) is 8.23. The fraction of sp³-hybridized carbons (Fsp3) is 0. The van der Waals surface area contributed by atoms with Crippen LogP contribution in [0.15, 0.2) is 16.6 Å². The third kappa shape index (κ3) is 1.32. The molecule has 0 aromatic rings. The second-order valence-electron chi connectivity index (χ2n) is 1.27. The van der Waals surface area contributed by atoms with Gasteiger partial charge in [0.1, 0.15) is 0 Å². The Hall–Kier alpha value is -0.770. The Labute approximate surface area is 56.2 Å². The van der Waals surface area contributed by atoms with Crippen molar-refractivity contribution in [2.24, 2.45) is 4.99 Å². The van der Waals surface area contributed by atoms with Gasteiger partial charge in [-0.15, -0.1) is 12.4 Å². The number of halogens is 3. The molecule has 0 aromatic carbocycles. The molecule has 1 aliphatic rings. The summed E-state index contributed by atoms with van der Waals surface area (Å²) in [7, 11) is 0. The fourth-order valence-corrected chi connectivity index (χ4v) is 0.348. The molecule has 5 heteroatoms. The monoisotopic (exact) mass is 152 g/mol. The maximum Gasteiger partial charge on any atom is 0.204 e. The first-order valence-electron chi connectivity index (χ1n) is 1.90. The van der Waals surface area contributed by atoms with Crippen molar-refractivity contribution in [1.29, 1.82) is 5.41 Å². The van der Waals surface area contributed by atoms with Crippen molar-refractivity contribution < 1.29 is 8.78 Å². The molecule has 0 aromatic heterocycles. The van der Waals surface area contributed by atoms with Crippen LogP contribution in [0.25, 0.3) is 0 Å². The SMILES string of the molecule is Cl.N=C1N=CC(F)=C1F. The van der Waals surface area contributed by atoms with E-state index in [0.717, 1.165) is 0 Å². The highest BCUT2D eigenvalue weighted by Gasteiger charge is 2.14. The second kappa shape index (κ2) is 2.68. The van der Waals surface area contributed by atoms with Crippen molar-refractivity contribution in [3.05, 3.63) is 11.7 Å². The van der Waals surface area contributed by atoms with Gasteiger partial charge in [0.25, 0.3) is 0 Å². The van der Waals surface area contributed by atoms with Crippen molar-refractivity contribution in [2.75, 3.05) is 0 Å². The lowest BCUT2D eigenvalue weighted by Crippen LogP contribution is -1.84. The lowest BCUT2D eigenvalue weighted by Gasteiger charge is -1.79. The number of nitrogens with one attached hydrogen (secondary N) is 1. The maximum absolute atomic E-state index is 11.9. The predicted octanol–water partition coefficient (Wildman–Crippen LogP) is 1.62. The third-order valence-electron chi connectivity index (χ3n) is 0.725. The van der Waals surface area contributed by atoms with Gasteiger partial charge in [-0.2, -0.15) is 4.39 Å². The third-order valence-corrected chi connectivity index (χ3v) is 0.725. The van der Waals surface area contributed by atoms with Gasteiger partial charge in [0.2, 0.25) is 5.83 Å². The van der Waals surface area contributed by atoms with Crippen molar-refractivity contribution >= 4 is 24.5 Å². The molecule has 0 bridgehead atoms. The van der Waals surface area contributed by atoms with Gasteiger partial charge in [-0.25, -0.2) is 9.38 Å². The Morgan fingerprint density at radius 2 is 2.00 bits per heavy atom. The van der Waals surface area contributed by atoms with Gasteiger partial charge in [-0.3, -0.25) is 5.41 Å². The summed E-state index contributed by atoms with van der Waals surface area (Å²) in [6.45, 7) is 0. The predicted molar refractivity (Wildman–Crippen MR) is 32.7 cm³/mol. The van der Waals surface area contributed by atoms with E-state index < -0.39 is 17.5 Å². The number of nitrogens with zero attached hydrogens (tertiary/aromatic N) is 1. The summed E-state index contributed by atoms with van der Waals surface area (Å²) in [6, 6.07) is 0. The lowest BCUT2D eigenvalue weighted by molar-refractivity contribution is 0.599. The van der Waals surface area contributed by atoms with Crippen molar-refractivity contribution in [1.82, 2.24) is 0 Å². The van der Waals surface area contributed by atoms with Crippen LogP contribution < -0.4 is 0 Å². The Morgan fingerprint density at radius 1 is 1.44 bits per heavy atom. The van der Waals surface area contributed by atoms with Gasteiger partial charge in [0.15, 0.2) is 11.7 Å². The largest absolute Gasteiger partial charge is 0.280 e. The van der Waals surface area contributed by atoms with Crippen LogP contribution in [0.3, 0.4) is 0 Å². The molecule has 9 heavy (non-hydrogen) atoms. The Balaban J connectivity index is 0.000000640. The van der Waals surface area contributed by atoms with Crippen LogP contribution >= 0.6 is 12.4 Å². The molecule has 2 nitrogen and oxygen atoms in total. The van der Waals surface area contributed by atoms with E-state index >= 15 is 0 Å². The van der Waals surface area contributed by atoms with Crippen LogP contribution in [0.1, 0.15) is 0 Å². The van der Waals surface area contributed by atoms with Gasteiger partial charge < -0.3 is 0 Å². The van der Waals surface area contributed by atoms with Crippen molar-refractivity contribution in [2.45, 2.75) is 0 Å². The molecule has 0 unspecified atom stereocenters. The molecule has 50 valence electrons. The molecule has 1 rings (SSSR count). The molecule has 0 radical (unpaired) electrons. The van der Waals surface area contributed by atoms with E-state index in [-0.39, 0.29) is 12.4 Å². The Bertz CT molecular complexity index is 193. The van der Waals surface area contributed by atoms with E-state index in [1.165, 1.54) is 0 Å². The van der Waals surface area contributed by atoms with Gasteiger partial charge in [-0.05, 0) is 0 Å². The molecular formula is C4H3ClF2N2. The zero-order valence-electron chi connectivity index (χ0n) is 4.19. The molecule has 1 aliphatic heterocycles. The molecule has 0 saturated heterocycles. The van der Waals surface area contributed by atoms with Crippen LogP contribution in [0.2, 0.25) is 0 Å². The fourth-order valence-electron chi connectivity index (χ4n) is 0.348. The van der Waals surface area contributed by atoms with E-state index in [2.05, 4.69) is 4.99 Å². The summed E-state index contributed by atoms with van der Waals surface area (Å²) in [5, 5.41) is 6.51. The number of hydrogen-bond acceptors (Lipinski definition) is 1. The van der Waals surface area contributed by atoms with Crippen LogP contribution in [0, 0.1) is 5.41 Å². The second-order valence-corrected chi connectivity index (χ2v) is 1.27. The quantitative estimate of drug-likeness (QED) is 0.548. The van der Waals surface area contributed by atoms with Crippen molar-refractivity contribution in [3.8, 4) is 0 Å². The van der Waals surface area contributed by atoms with E-state index in [1.807, 2.05) is 0 Å². The van der Waals surface area contributed by atoms with Crippen LogP contribution in [0.4, 0.5) is 8.78 Å². The molecule has 0 aliphatic carbocycles. The summed E-state index contributed by atoms with van der Waals surface area (Å²) in [5.41, 5.74) is 0. The minimum Gasteiger partial charge on any atom is -0.280 e. The minimum absolute atomic E-state index is 0. The average molecular weight is 153 g/mol. The van der Waals surface area contributed by atoms with E-state index in [0.29, 0.717) is 6.21 Å². The highest BCUT2D eigenvalue weighted by molar-refractivity contribution is 6.09. The van der Waals surface area contributed by atoms with E-state index in [1.54, 1.807) is 0 Å². The highest BCUT2D eigenvalue weighted by atomic mass is 35.5. The average Bonchev–Trinajstić information content (AvgIpc) is 1.98. The van der Waals surface area contributed by atoms with Crippen LogP contribution in [-0.2, 0) is 0 Å². The summed E-state index contributed by atoms with van der Waals surface area (Å²) in [5.74, 6) is -2.87. The van der Waals surface area contributed by atoms with Gasteiger partial charge >= 0.3 is 0 Å². The smallest absolute Gasteiger partial charge is 0.204 e. The summed E-state index contributed by atoms with van der Waals surface area (Å²) >= 11 is 0. The number of amidine groups is 1. The highest BCUT2D eigenvalue weighted by Crippen LogP contribution is 2.13. The number of allylic oxidation sites excluding steroid dienone is 1. The molecule has 0 spiro atoms. The molecule has 0 amide bonds. The normalized spacial score (nSPS) is 16.4. The van der Waals surface area contributed by atoms with Gasteiger partial charge in [0.05, 0.1) is 6.21 Å². The van der Waals surface area contributed by atoms with Crippen LogP contribution in [-0.4, -0.2) is 12.1 Å². The molecule has 0 fully saturated rings. The minimum atomic E-state index is -1.18. The van der Waals surface area contributed by atoms with E-state index in [4.69, 9.17) is 5.41 Å². The Kier molecular flexibility index (Phi) is 2.45. The molecule has 0 atom stereocenters. The standard InChI is InChI=1S/C4H2F2N2.ClH/c5-2-1-8-4(7)3(2)6;/h1,7H;1H. The molecular weight excluding hydrogens is 150 g/mol. The number of hydrogen-bond donors (Lipinski definition) is 1. The zero-order chi connectivity index (χ0) is 6.15.